The number of H-pyrrole nitrogens is 1. The fourth-order valence-corrected chi connectivity index (χ4v) is 3.06. The molecule has 29 heavy (non-hydrogen) atoms. The van der Waals surface area contributed by atoms with Gasteiger partial charge < -0.3 is 5.73 Å². The van der Waals surface area contributed by atoms with Crippen molar-refractivity contribution < 1.29 is 4.79 Å². The number of rotatable bonds is 8. The summed E-state index contributed by atoms with van der Waals surface area (Å²) in [6.45, 7) is 0.772. The van der Waals surface area contributed by atoms with Gasteiger partial charge in [0.2, 0.25) is 6.41 Å². The van der Waals surface area contributed by atoms with Crippen molar-refractivity contribution in [1.82, 2.24) is 39.5 Å². The topological polar surface area (TPSA) is 163 Å². The number of aryl methyl sites for hydroxylation is 2. The first kappa shape index (κ1) is 18.6. The van der Waals surface area contributed by atoms with Gasteiger partial charge in [0.1, 0.15) is 11.6 Å². The maximum Gasteiger partial charge on any atom is 0.332 e. The van der Waals surface area contributed by atoms with E-state index in [2.05, 4.69) is 25.7 Å². The van der Waals surface area contributed by atoms with Crippen LogP contribution in [0, 0.1) is 5.92 Å². The van der Waals surface area contributed by atoms with Crippen LogP contribution in [-0.4, -0.2) is 45.9 Å². The van der Waals surface area contributed by atoms with Crippen molar-refractivity contribution in [1.29, 1.82) is 0 Å². The Hall–Kier alpha value is -3.77. The lowest BCUT2D eigenvalue weighted by atomic mass is 10.3. The number of hydrogen-bond donors (Lipinski definition) is 2. The number of aromatic nitrogens is 8. The second-order valence-corrected chi connectivity index (χ2v) is 6.97. The molecule has 1 fully saturated rings. The monoisotopic (exact) mass is 400 g/mol. The molecule has 0 aliphatic heterocycles. The zero-order valence-corrected chi connectivity index (χ0v) is 15.7. The van der Waals surface area contributed by atoms with E-state index in [0.29, 0.717) is 43.4 Å². The molecular formula is C16H20N10O3. The van der Waals surface area contributed by atoms with E-state index in [1.807, 2.05) is 0 Å². The Balaban J connectivity index is 1.67. The van der Waals surface area contributed by atoms with Gasteiger partial charge in [0, 0.05) is 32.8 Å². The second kappa shape index (κ2) is 7.33. The third-order valence-corrected chi connectivity index (χ3v) is 4.92. The molecule has 0 unspecified atom stereocenters. The number of nitrogens with zero attached hydrogens (tertiary/aromatic N) is 8. The lowest BCUT2D eigenvalue weighted by molar-refractivity contribution is -0.106. The molecule has 13 nitrogen and oxygen atoms in total. The Labute approximate surface area is 163 Å². The maximum absolute atomic E-state index is 13.0. The smallest absolute Gasteiger partial charge is 0.332 e. The summed E-state index contributed by atoms with van der Waals surface area (Å²) >= 11 is 0. The predicted octanol–water partition coefficient (Wildman–Crippen LogP) is -1.21. The summed E-state index contributed by atoms with van der Waals surface area (Å²) in [6.07, 6.45) is 5.99. The molecule has 0 saturated heterocycles. The number of nitrogen functional groups attached to an aromatic ring is 1. The molecule has 0 bridgehead atoms. The lowest BCUT2D eigenvalue weighted by Gasteiger charge is -2.20. The average molecular weight is 400 g/mol. The van der Waals surface area contributed by atoms with Crippen molar-refractivity contribution in [3.63, 3.8) is 0 Å². The van der Waals surface area contributed by atoms with Crippen LogP contribution >= 0.6 is 0 Å². The van der Waals surface area contributed by atoms with Crippen LogP contribution < -0.4 is 21.9 Å². The van der Waals surface area contributed by atoms with Gasteiger partial charge in [0.05, 0.1) is 11.9 Å². The number of carbonyl (C=O) groups is 1. The van der Waals surface area contributed by atoms with Crippen LogP contribution in [0.2, 0.25) is 0 Å². The van der Waals surface area contributed by atoms with E-state index in [-0.39, 0.29) is 11.5 Å². The summed E-state index contributed by atoms with van der Waals surface area (Å²) in [5, 5.41) is 17.7. The predicted molar refractivity (Wildman–Crippen MR) is 101 cm³/mol. The van der Waals surface area contributed by atoms with Crippen LogP contribution in [0.5, 0.6) is 0 Å². The molecule has 4 rings (SSSR count). The average Bonchev–Trinajstić information content (AvgIpc) is 3.17. The van der Waals surface area contributed by atoms with Crippen LogP contribution in [0.1, 0.15) is 18.7 Å². The van der Waals surface area contributed by atoms with Gasteiger partial charge in [-0.05, 0) is 29.2 Å². The van der Waals surface area contributed by atoms with E-state index >= 15 is 0 Å². The first-order valence-electron chi connectivity index (χ1n) is 9.08. The van der Waals surface area contributed by atoms with Crippen molar-refractivity contribution >= 4 is 23.6 Å². The molecule has 3 N–H and O–H groups in total. The summed E-state index contributed by atoms with van der Waals surface area (Å²) in [5.41, 5.74) is 5.24. The molecule has 152 valence electrons. The Morgan fingerprint density at radius 2 is 2.17 bits per heavy atom. The third kappa shape index (κ3) is 3.53. The van der Waals surface area contributed by atoms with E-state index in [4.69, 9.17) is 5.73 Å². The van der Waals surface area contributed by atoms with E-state index in [0.717, 1.165) is 22.3 Å². The van der Waals surface area contributed by atoms with Gasteiger partial charge in [0.15, 0.2) is 5.69 Å². The van der Waals surface area contributed by atoms with Crippen molar-refractivity contribution in [2.45, 2.75) is 32.4 Å². The largest absolute Gasteiger partial charge is 0.383 e. The summed E-state index contributed by atoms with van der Waals surface area (Å²) in [4.78, 5) is 38.5. The van der Waals surface area contributed by atoms with Gasteiger partial charge in [-0.15, -0.1) is 5.10 Å². The van der Waals surface area contributed by atoms with Crippen molar-refractivity contribution in [3.05, 3.63) is 39.1 Å². The van der Waals surface area contributed by atoms with E-state index in [1.165, 1.54) is 17.8 Å². The first-order valence-corrected chi connectivity index (χ1v) is 9.08. The molecule has 0 aromatic carbocycles. The molecule has 0 spiro atoms. The summed E-state index contributed by atoms with van der Waals surface area (Å²) in [5.74, 6) is 0.814. The Morgan fingerprint density at radius 3 is 2.83 bits per heavy atom. The van der Waals surface area contributed by atoms with E-state index in [1.54, 1.807) is 10.9 Å². The highest BCUT2D eigenvalue weighted by Gasteiger charge is 2.27. The number of anilines is 3. The molecule has 1 aliphatic rings. The molecule has 1 amide bonds. The molecule has 13 heteroatoms. The standard InChI is InChI=1S/C16H20N10O3/c1-23-14(17)13(15(28)25(16(23)29)7-10-2-3-10)26(9-27)11-6-18-24(8-11)5-4-12-19-21-22-20-12/h6,8-10H,2-5,7,17H2,1H3,(H,19,20,21,22). The number of nitrogens with one attached hydrogen (secondary N) is 1. The van der Waals surface area contributed by atoms with Gasteiger partial charge in [-0.25, -0.2) is 9.89 Å². The molecule has 1 aliphatic carbocycles. The number of nitrogens with two attached hydrogens (primary N) is 1. The number of tetrazole rings is 1. The first-order chi connectivity index (χ1) is 14.0. The van der Waals surface area contributed by atoms with Crippen LogP contribution in [0.4, 0.5) is 17.2 Å². The Kier molecular flexibility index (Phi) is 4.70. The number of amides is 1. The minimum atomic E-state index is -0.593. The highest BCUT2D eigenvalue weighted by Crippen LogP contribution is 2.30. The maximum atomic E-state index is 13.0. The summed E-state index contributed by atoms with van der Waals surface area (Å²) < 4.78 is 3.91. The molecule has 1 saturated carbocycles. The fraction of sp³-hybridized carbons (Fsp3) is 0.438. The van der Waals surface area contributed by atoms with E-state index < -0.39 is 11.2 Å². The lowest BCUT2D eigenvalue weighted by Crippen LogP contribution is -2.43. The summed E-state index contributed by atoms with van der Waals surface area (Å²) in [7, 11) is 1.47. The highest BCUT2D eigenvalue weighted by molar-refractivity contribution is 5.89. The Bertz CT molecular complexity index is 1140. The molecule has 3 aromatic heterocycles. The van der Waals surface area contributed by atoms with E-state index in [9.17, 15) is 14.4 Å². The van der Waals surface area contributed by atoms with Gasteiger partial charge in [-0.3, -0.25) is 28.3 Å². The van der Waals surface area contributed by atoms with Crippen LogP contribution in [0.15, 0.2) is 22.0 Å². The molecular weight excluding hydrogens is 380 g/mol. The molecule has 3 aromatic rings. The van der Waals surface area contributed by atoms with Crippen LogP contribution in [-0.2, 0) is 31.4 Å². The molecule has 0 atom stereocenters. The summed E-state index contributed by atoms with van der Waals surface area (Å²) in [6, 6.07) is 0. The van der Waals surface area contributed by atoms with Gasteiger partial charge in [-0.1, -0.05) is 0 Å². The SMILES string of the molecule is Cn1c(N)c(N(C=O)c2cnn(CCc3nnn[nH]3)c2)c(=O)n(CC2CC2)c1=O. The zero-order valence-electron chi connectivity index (χ0n) is 15.7. The minimum absolute atomic E-state index is 0.0678. The normalized spacial score (nSPS) is 13.6. The highest BCUT2D eigenvalue weighted by atomic mass is 16.2. The van der Waals surface area contributed by atoms with Gasteiger partial charge in [-0.2, -0.15) is 5.10 Å². The number of carbonyl (C=O) groups excluding carboxylic acids is 1. The van der Waals surface area contributed by atoms with Crippen molar-refractivity contribution in [2.75, 3.05) is 10.6 Å². The Morgan fingerprint density at radius 1 is 1.38 bits per heavy atom. The van der Waals surface area contributed by atoms with Crippen molar-refractivity contribution in [3.8, 4) is 0 Å². The number of hydrogen-bond acceptors (Lipinski definition) is 8. The van der Waals surface area contributed by atoms with Gasteiger partial charge >= 0.3 is 5.69 Å². The molecule has 3 heterocycles. The zero-order chi connectivity index (χ0) is 20.5. The van der Waals surface area contributed by atoms with Gasteiger partial charge in [0.25, 0.3) is 5.56 Å². The van der Waals surface area contributed by atoms with Crippen molar-refractivity contribution in [2.24, 2.45) is 13.0 Å². The quantitative estimate of drug-likeness (QED) is 0.445. The fourth-order valence-electron chi connectivity index (χ4n) is 3.06. The minimum Gasteiger partial charge on any atom is -0.383 e. The second-order valence-electron chi connectivity index (χ2n) is 6.97. The van der Waals surface area contributed by atoms with Crippen LogP contribution in [0.3, 0.4) is 0 Å². The molecule has 0 radical (unpaired) electrons. The number of aromatic amines is 1. The van der Waals surface area contributed by atoms with Crippen LogP contribution in [0.25, 0.3) is 0 Å². The third-order valence-electron chi connectivity index (χ3n) is 4.92.